The van der Waals surface area contributed by atoms with Gasteiger partial charge in [0, 0.05) is 36.8 Å². The molecule has 6 aliphatic rings. The number of benzene rings is 1. The van der Waals surface area contributed by atoms with Crippen LogP contribution in [0.15, 0.2) is 24.3 Å². The molecule has 0 N–H and O–H groups in total. The molecule has 2 spiro atoms. The van der Waals surface area contributed by atoms with Crippen LogP contribution in [0.5, 0.6) is 5.75 Å². The lowest BCUT2D eigenvalue weighted by atomic mass is 9.53. The van der Waals surface area contributed by atoms with Gasteiger partial charge in [-0.15, -0.1) is 0 Å². The Labute approximate surface area is 190 Å². The summed E-state index contributed by atoms with van der Waals surface area (Å²) in [4.78, 5) is 46.4. The highest BCUT2D eigenvalue weighted by Crippen LogP contribution is 2.61. The van der Waals surface area contributed by atoms with Crippen LogP contribution in [0.4, 0.5) is 10.5 Å². The SMILES string of the molecule is O=C(Oc1ccc([N+](=O)[O-])cc1)OC1CCCC2(C1)OOC1(OO2)C2CC3CC(C2)CC1C3. The summed E-state index contributed by atoms with van der Waals surface area (Å²) in [7, 11) is 0. The van der Waals surface area contributed by atoms with E-state index < -0.39 is 28.8 Å². The van der Waals surface area contributed by atoms with Crippen molar-refractivity contribution in [2.24, 2.45) is 23.7 Å². The van der Waals surface area contributed by atoms with Crippen LogP contribution in [0, 0.1) is 33.8 Å². The van der Waals surface area contributed by atoms with Crippen molar-refractivity contribution in [1.29, 1.82) is 0 Å². The number of nitrogens with zero attached hydrogens (tertiary/aromatic N) is 1. The van der Waals surface area contributed by atoms with Crippen molar-refractivity contribution in [3.63, 3.8) is 0 Å². The predicted octanol–water partition coefficient (Wildman–Crippen LogP) is 4.81. The van der Waals surface area contributed by atoms with Crippen LogP contribution in [0.25, 0.3) is 0 Å². The lowest BCUT2D eigenvalue weighted by Crippen LogP contribution is -2.65. The van der Waals surface area contributed by atoms with E-state index in [-0.39, 0.29) is 17.9 Å². The number of nitro groups is 1. The number of carbonyl (C=O) groups is 1. The summed E-state index contributed by atoms with van der Waals surface area (Å²) in [5.41, 5.74) is -0.0894. The molecule has 1 saturated heterocycles. The molecular weight excluding hydrogens is 434 g/mol. The quantitative estimate of drug-likeness (QED) is 0.205. The minimum Gasteiger partial charge on any atom is -0.430 e. The third-order valence-corrected chi connectivity index (χ3v) is 8.06. The molecule has 4 bridgehead atoms. The second-order valence-electron chi connectivity index (χ2n) is 10.2. The number of nitro benzene ring substituents is 1. The van der Waals surface area contributed by atoms with Gasteiger partial charge in [0.2, 0.25) is 11.6 Å². The van der Waals surface area contributed by atoms with Gasteiger partial charge in [0.15, 0.2) is 0 Å². The normalized spacial score (nSPS) is 41.3. The fraction of sp³-hybridized carbons (Fsp3) is 0.696. The molecule has 0 radical (unpaired) electrons. The van der Waals surface area contributed by atoms with Gasteiger partial charge in [-0.3, -0.25) is 10.1 Å². The molecule has 178 valence electrons. The van der Waals surface area contributed by atoms with Crippen LogP contribution >= 0.6 is 0 Å². The highest BCUT2D eigenvalue weighted by atomic mass is 17.4. The van der Waals surface area contributed by atoms with Gasteiger partial charge in [0.1, 0.15) is 11.9 Å². The Bertz CT molecular complexity index is 894. The number of rotatable bonds is 3. The Morgan fingerprint density at radius 1 is 0.970 bits per heavy atom. The maximum atomic E-state index is 12.3. The van der Waals surface area contributed by atoms with E-state index in [0.29, 0.717) is 31.1 Å². The van der Waals surface area contributed by atoms with E-state index >= 15 is 0 Å². The molecule has 1 aromatic carbocycles. The first-order valence-electron chi connectivity index (χ1n) is 11.8. The van der Waals surface area contributed by atoms with Gasteiger partial charge in [-0.05, 0) is 68.9 Å². The van der Waals surface area contributed by atoms with E-state index in [1.807, 2.05) is 0 Å². The Morgan fingerprint density at radius 2 is 1.61 bits per heavy atom. The first kappa shape index (κ1) is 21.3. The predicted molar refractivity (Wildman–Crippen MR) is 109 cm³/mol. The molecule has 1 aliphatic heterocycles. The number of carbonyl (C=O) groups excluding carboxylic acids is 1. The number of non-ortho nitro benzene ring substituents is 1. The summed E-state index contributed by atoms with van der Waals surface area (Å²) in [6.45, 7) is 0. The van der Waals surface area contributed by atoms with Gasteiger partial charge >= 0.3 is 6.16 Å². The summed E-state index contributed by atoms with van der Waals surface area (Å²) >= 11 is 0. The lowest BCUT2D eigenvalue weighted by Gasteiger charge is -2.60. The molecule has 5 saturated carbocycles. The summed E-state index contributed by atoms with van der Waals surface area (Å²) in [5, 5.41) is 10.7. The summed E-state index contributed by atoms with van der Waals surface area (Å²) in [6, 6.07) is 5.22. The van der Waals surface area contributed by atoms with E-state index in [4.69, 9.17) is 29.0 Å². The fourth-order valence-electron chi connectivity index (χ4n) is 6.72. The summed E-state index contributed by atoms with van der Waals surface area (Å²) < 4.78 is 10.6. The third kappa shape index (κ3) is 3.78. The van der Waals surface area contributed by atoms with Crippen molar-refractivity contribution in [1.82, 2.24) is 0 Å². The first-order chi connectivity index (χ1) is 15.9. The molecule has 10 heteroatoms. The molecule has 33 heavy (non-hydrogen) atoms. The van der Waals surface area contributed by atoms with E-state index in [2.05, 4.69) is 0 Å². The van der Waals surface area contributed by atoms with Crippen molar-refractivity contribution in [3.8, 4) is 5.75 Å². The maximum Gasteiger partial charge on any atom is 0.514 e. The van der Waals surface area contributed by atoms with Crippen molar-refractivity contribution in [2.75, 3.05) is 0 Å². The largest absolute Gasteiger partial charge is 0.514 e. The standard InChI is InChI=1S/C23H27NO9/c25-21(28-19-5-3-18(4-6-19)24(26)27)29-20-2-1-7-22(13-20)30-32-23(33-31-22)16-9-14-8-15(11-16)12-17(23)10-14/h3-6,14-17,20H,1-2,7-13H2. The van der Waals surface area contributed by atoms with Gasteiger partial charge in [-0.1, -0.05) is 0 Å². The molecule has 1 aromatic rings. The molecule has 7 rings (SSSR count). The highest BCUT2D eigenvalue weighted by molar-refractivity contribution is 5.64. The molecule has 0 aromatic heterocycles. The van der Waals surface area contributed by atoms with Crippen molar-refractivity contribution in [3.05, 3.63) is 34.4 Å². The first-order valence-corrected chi connectivity index (χ1v) is 11.8. The van der Waals surface area contributed by atoms with Crippen LogP contribution in [0.3, 0.4) is 0 Å². The Morgan fingerprint density at radius 3 is 2.21 bits per heavy atom. The minimum atomic E-state index is -1.11. The van der Waals surface area contributed by atoms with Crippen molar-refractivity contribution in [2.45, 2.75) is 75.5 Å². The number of hydrogen-bond donors (Lipinski definition) is 0. The number of ether oxygens (including phenoxy) is 2. The summed E-state index contributed by atoms with van der Waals surface area (Å²) in [6.07, 6.45) is 6.46. The molecule has 1 unspecified atom stereocenters. The zero-order chi connectivity index (χ0) is 22.6. The monoisotopic (exact) mass is 461 g/mol. The van der Waals surface area contributed by atoms with Crippen molar-refractivity contribution < 1.29 is 38.7 Å². The molecule has 0 amide bonds. The van der Waals surface area contributed by atoms with Crippen LogP contribution in [0.2, 0.25) is 0 Å². The Kier molecular flexibility index (Phi) is 5.09. The average Bonchev–Trinajstić information content (AvgIpc) is 2.79. The van der Waals surface area contributed by atoms with E-state index in [1.54, 1.807) is 0 Å². The molecule has 1 atom stereocenters. The average molecular weight is 461 g/mol. The molecule has 5 aliphatic carbocycles. The molecule has 1 heterocycles. The van der Waals surface area contributed by atoms with Crippen LogP contribution < -0.4 is 4.74 Å². The fourth-order valence-corrected chi connectivity index (χ4v) is 6.72. The van der Waals surface area contributed by atoms with Gasteiger partial charge in [-0.25, -0.2) is 4.79 Å². The van der Waals surface area contributed by atoms with E-state index in [0.717, 1.165) is 37.5 Å². The smallest absolute Gasteiger partial charge is 0.430 e. The molecule has 10 nitrogen and oxygen atoms in total. The van der Waals surface area contributed by atoms with Crippen LogP contribution in [-0.2, 0) is 24.3 Å². The highest BCUT2D eigenvalue weighted by Gasteiger charge is 2.65. The Hall–Kier alpha value is -2.27. The maximum absolute atomic E-state index is 12.3. The van der Waals surface area contributed by atoms with E-state index in [9.17, 15) is 14.9 Å². The zero-order valence-corrected chi connectivity index (χ0v) is 18.2. The Balaban J connectivity index is 1.05. The summed E-state index contributed by atoms with van der Waals surface area (Å²) in [5.74, 6) is 0.331. The molecular formula is C23H27NO9. The van der Waals surface area contributed by atoms with Gasteiger partial charge in [-0.2, -0.15) is 19.6 Å². The topological polar surface area (TPSA) is 116 Å². The van der Waals surface area contributed by atoms with Crippen LogP contribution in [-0.4, -0.2) is 28.8 Å². The zero-order valence-electron chi connectivity index (χ0n) is 18.2. The third-order valence-electron chi connectivity index (χ3n) is 8.06. The second-order valence-corrected chi connectivity index (χ2v) is 10.2. The van der Waals surface area contributed by atoms with Gasteiger partial charge in [0.05, 0.1) is 4.92 Å². The number of hydrogen-bond acceptors (Lipinski definition) is 9. The van der Waals surface area contributed by atoms with Crippen molar-refractivity contribution >= 4 is 11.8 Å². The van der Waals surface area contributed by atoms with Gasteiger partial charge in [0.25, 0.3) is 5.69 Å². The minimum absolute atomic E-state index is 0.0894. The lowest BCUT2D eigenvalue weighted by molar-refractivity contribution is -0.681. The van der Waals surface area contributed by atoms with E-state index in [1.165, 1.54) is 30.7 Å². The van der Waals surface area contributed by atoms with Gasteiger partial charge < -0.3 is 9.47 Å². The second kappa shape index (κ2) is 7.90. The van der Waals surface area contributed by atoms with Crippen LogP contribution in [0.1, 0.15) is 57.8 Å². The molecule has 6 fully saturated rings.